The van der Waals surface area contributed by atoms with Gasteiger partial charge in [0, 0.05) is 43.7 Å². The van der Waals surface area contributed by atoms with Gasteiger partial charge in [-0.15, -0.1) is 0 Å². The molecular weight excluding hydrogens is 863 g/mol. The molecule has 0 aliphatic rings. The molecule has 0 aliphatic carbocycles. The van der Waals surface area contributed by atoms with Crippen molar-refractivity contribution in [2.75, 3.05) is 0 Å². The summed E-state index contributed by atoms with van der Waals surface area (Å²) in [4.78, 5) is 0. The van der Waals surface area contributed by atoms with Crippen LogP contribution in [0.25, 0.3) is 93.6 Å². The van der Waals surface area contributed by atoms with Crippen molar-refractivity contribution < 1.29 is 0 Å². The monoisotopic (exact) mass is 907 g/mol. The van der Waals surface area contributed by atoms with Crippen molar-refractivity contribution in [3.8, 4) is 28.2 Å². The second-order valence-electron chi connectivity index (χ2n) is 18.4. The predicted octanol–water partition coefficient (Wildman–Crippen LogP) is 14.0. The van der Waals surface area contributed by atoms with Gasteiger partial charge in [0.05, 0.1) is 38.8 Å². The molecule has 328 valence electrons. The van der Waals surface area contributed by atoms with Crippen molar-refractivity contribution in [3.05, 3.63) is 273 Å². The van der Waals surface area contributed by atoms with Crippen LogP contribution < -0.4 is 20.7 Å². The van der Waals surface area contributed by atoms with E-state index < -0.39 is 8.07 Å². The molecule has 0 unspecified atom stereocenters. The molecule has 4 heteroatoms. The highest BCUT2D eigenvalue weighted by Crippen LogP contribution is 2.43. The Hall–Kier alpha value is -8.96. The summed E-state index contributed by atoms with van der Waals surface area (Å²) in [5.41, 5.74) is 12.8. The van der Waals surface area contributed by atoms with Gasteiger partial charge in [0.2, 0.25) is 0 Å². The fourth-order valence-electron chi connectivity index (χ4n) is 11.9. The Morgan fingerprint density at radius 3 is 1.16 bits per heavy atom. The van der Waals surface area contributed by atoms with Crippen LogP contribution in [0.2, 0.25) is 0 Å². The Morgan fingerprint density at radius 2 is 0.657 bits per heavy atom. The summed E-state index contributed by atoms with van der Waals surface area (Å²) in [5.74, 6) is 0. The van der Waals surface area contributed by atoms with Gasteiger partial charge in [-0.1, -0.05) is 218 Å². The number of benzene rings is 11. The van der Waals surface area contributed by atoms with Gasteiger partial charge in [0.15, 0.2) is 8.07 Å². The molecule has 0 saturated heterocycles. The zero-order valence-electron chi connectivity index (χ0n) is 38.3. The maximum atomic E-state index is 2.53. The molecule has 3 nitrogen and oxygen atoms in total. The first-order valence-electron chi connectivity index (χ1n) is 24.2. The first kappa shape index (κ1) is 40.1. The Morgan fingerprint density at radius 1 is 0.257 bits per heavy atom. The zero-order chi connectivity index (χ0) is 46.2. The smallest absolute Gasteiger partial charge is 0.180 e. The number of aromatic nitrogens is 3. The van der Waals surface area contributed by atoms with Crippen LogP contribution in [-0.4, -0.2) is 21.8 Å². The van der Waals surface area contributed by atoms with Crippen LogP contribution in [0.3, 0.4) is 0 Å². The molecule has 0 radical (unpaired) electrons. The SMILES string of the molecule is c1ccc([Si](c2ccccc2)(c2ccccc2)c2ccccc2-c2cccc(-n3c4ccccc4c4cc(-n5c6ccccc6c6ccccc65)cc(-n5c6ccccc6c6ccccc65)c43)c2)cc1. The molecule has 3 aromatic heterocycles. The van der Waals surface area contributed by atoms with Crippen LogP contribution in [0.15, 0.2) is 273 Å². The van der Waals surface area contributed by atoms with Gasteiger partial charge < -0.3 is 13.7 Å². The highest BCUT2D eigenvalue weighted by molar-refractivity contribution is 7.20. The van der Waals surface area contributed by atoms with Gasteiger partial charge in [0.25, 0.3) is 0 Å². The van der Waals surface area contributed by atoms with Crippen molar-refractivity contribution in [1.29, 1.82) is 0 Å². The van der Waals surface area contributed by atoms with Crippen LogP contribution in [0, 0.1) is 0 Å². The van der Waals surface area contributed by atoms with Crippen molar-refractivity contribution >= 4 is 94.2 Å². The highest BCUT2D eigenvalue weighted by Gasteiger charge is 2.43. The minimum atomic E-state index is -2.88. The summed E-state index contributed by atoms with van der Waals surface area (Å²) in [5, 5.41) is 12.8. The minimum Gasteiger partial charge on any atom is -0.309 e. The normalized spacial score (nSPS) is 12.0. The van der Waals surface area contributed by atoms with Gasteiger partial charge in [-0.05, 0) is 86.5 Å². The molecule has 11 aromatic carbocycles. The highest BCUT2D eigenvalue weighted by atomic mass is 28.3. The van der Waals surface area contributed by atoms with Crippen LogP contribution in [0.5, 0.6) is 0 Å². The molecule has 14 aromatic rings. The van der Waals surface area contributed by atoms with E-state index in [2.05, 4.69) is 287 Å². The summed E-state index contributed by atoms with van der Waals surface area (Å²) >= 11 is 0. The van der Waals surface area contributed by atoms with Gasteiger partial charge in [-0.25, -0.2) is 0 Å². The third kappa shape index (κ3) is 5.94. The molecule has 0 aliphatic heterocycles. The summed E-state index contributed by atoms with van der Waals surface area (Å²) in [6.45, 7) is 0. The minimum absolute atomic E-state index is 1.11. The summed E-state index contributed by atoms with van der Waals surface area (Å²) in [6.07, 6.45) is 0. The van der Waals surface area contributed by atoms with E-state index in [4.69, 9.17) is 0 Å². The number of hydrogen-bond acceptors (Lipinski definition) is 0. The molecular formula is C66H45N3Si. The molecule has 0 N–H and O–H groups in total. The van der Waals surface area contributed by atoms with E-state index in [0.717, 1.165) is 28.1 Å². The number of hydrogen-bond donors (Lipinski definition) is 0. The topological polar surface area (TPSA) is 14.8 Å². The van der Waals surface area contributed by atoms with Gasteiger partial charge in [0.1, 0.15) is 0 Å². The predicted molar refractivity (Wildman–Crippen MR) is 299 cm³/mol. The molecule has 0 atom stereocenters. The molecule has 70 heavy (non-hydrogen) atoms. The Bertz CT molecular complexity index is 4090. The molecule has 3 heterocycles. The van der Waals surface area contributed by atoms with Crippen LogP contribution in [0.1, 0.15) is 0 Å². The van der Waals surface area contributed by atoms with Crippen molar-refractivity contribution in [2.24, 2.45) is 0 Å². The first-order chi connectivity index (χ1) is 34.8. The Kier molecular flexibility index (Phi) is 9.23. The summed E-state index contributed by atoms with van der Waals surface area (Å²) in [6, 6.07) is 101. The van der Waals surface area contributed by atoms with E-state index in [-0.39, 0.29) is 0 Å². The van der Waals surface area contributed by atoms with E-state index in [1.54, 1.807) is 0 Å². The third-order valence-electron chi connectivity index (χ3n) is 14.8. The van der Waals surface area contributed by atoms with E-state index in [1.165, 1.54) is 86.3 Å². The van der Waals surface area contributed by atoms with E-state index in [1.807, 2.05) is 0 Å². The molecule has 0 fully saturated rings. The Balaban J connectivity index is 1.08. The number of fused-ring (bicyclic) bond motifs is 9. The number of para-hydroxylation sites is 5. The third-order valence-corrected chi connectivity index (χ3v) is 19.6. The molecule has 0 amide bonds. The van der Waals surface area contributed by atoms with E-state index >= 15 is 0 Å². The van der Waals surface area contributed by atoms with Gasteiger partial charge in [-0.2, -0.15) is 0 Å². The number of nitrogens with zero attached hydrogens (tertiary/aromatic N) is 3. The largest absolute Gasteiger partial charge is 0.309 e. The first-order valence-corrected chi connectivity index (χ1v) is 26.2. The van der Waals surface area contributed by atoms with Crippen LogP contribution >= 0.6 is 0 Å². The molecule has 0 bridgehead atoms. The van der Waals surface area contributed by atoms with E-state index in [9.17, 15) is 0 Å². The van der Waals surface area contributed by atoms with Crippen LogP contribution in [-0.2, 0) is 0 Å². The summed E-state index contributed by atoms with van der Waals surface area (Å²) in [7, 11) is -2.88. The lowest BCUT2D eigenvalue weighted by atomic mass is 10.0. The van der Waals surface area contributed by atoms with Gasteiger partial charge >= 0.3 is 0 Å². The average Bonchev–Trinajstić information content (AvgIpc) is 4.08. The van der Waals surface area contributed by atoms with Crippen molar-refractivity contribution in [1.82, 2.24) is 13.7 Å². The lowest BCUT2D eigenvalue weighted by molar-refractivity contribution is 1.11. The van der Waals surface area contributed by atoms with Crippen molar-refractivity contribution in [2.45, 2.75) is 0 Å². The average molecular weight is 908 g/mol. The lowest BCUT2D eigenvalue weighted by Gasteiger charge is -2.36. The lowest BCUT2D eigenvalue weighted by Crippen LogP contribution is -2.75. The maximum Gasteiger partial charge on any atom is 0.180 e. The maximum absolute atomic E-state index is 2.88. The molecule has 0 saturated carbocycles. The second kappa shape index (κ2) is 16.1. The van der Waals surface area contributed by atoms with Crippen LogP contribution in [0.4, 0.5) is 0 Å². The Labute approximate surface area is 407 Å². The van der Waals surface area contributed by atoms with E-state index in [0.29, 0.717) is 0 Å². The zero-order valence-corrected chi connectivity index (χ0v) is 39.3. The fraction of sp³-hybridized carbons (Fsp3) is 0. The number of rotatable bonds is 8. The standard InChI is InChI=1S/C66H45N3Si/c1-4-25-49(26-5-1)70(50-27-6-2-7-28-50,51-29-8-3-9-30-51)65-42-21-15-31-52(65)46-23-22-24-47(43-46)68-61-39-18-14-36-57(61)58-44-48(67-59-37-16-10-32-53(59)54-33-11-17-38-60(54)67)45-64(66(58)68)69-62-40-19-12-34-55(62)56-35-13-20-41-63(56)69/h1-45H. The molecule has 0 spiro atoms. The summed E-state index contributed by atoms with van der Waals surface area (Å²) < 4.78 is 7.51. The quantitative estimate of drug-likeness (QED) is 0.107. The van der Waals surface area contributed by atoms with Crippen molar-refractivity contribution in [3.63, 3.8) is 0 Å². The van der Waals surface area contributed by atoms with Gasteiger partial charge in [-0.3, -0.25) is 0 Å². The second-order valence-corrected chi connectivity index (χ2v) is 22.2. The molecule has 14 rings (SSSR count). The fourth-order valence-corrected chi connectivity index (χ4v) is 16.9.